The Bertz CT molecular complexity index is 151. The molecule has 0 aromatic heterocycles. The predicted molar refractivity (Wildman–Crippen MR) is 43.9 cm³/mol. The molecule has 0 atom stereocenters. The molecule has 0 aromatic carbocycles. The van der Waals surface area contributed by atoms with E-state index < -0.39 is 0 Å². The molecule has 0 spiro atoms. The van der Waals surface area contributed by atoms with Crippen LogP contribution in [0.5, 0.6) is 0 Å². The molecule has 0 aliphatic heterocycles. The topological polar surface area (TPSA) is 58.7 Å². The van der Waals surface area contributed by atoms with E-state index in [0.29, 0.717) is 4.86 Å². The van der Waals surface area contributed by atoms with Gasteiger partial charge in [-0.15, -0.1) is 0 Å². The Balaban J connectivity index is 2.39. The highest BCUT2D eigenvalue weighted by Crippen LogP contribution is 2.18. The summed E-state index contributed by atoms with van der Waals surface area (Å²) >= 11 is 0. The zero-order valence-electron chi connectivity index (χ0n) is 7.28. The Morgan fingerprint density at radius 3 is 2.08 bits per heavy atom. The fourth-order valence-corrected chi connectivity index (χ4v) is 1.73. The number of hydroxylamine groups is 1. The molecule has 1 saturated carbocycles. The molecule has 0 amide bonds. The van der Waals surface area contributed by atoms with Gasteiger partial charge in [0.05, 0.1) is 0 Å². The molecule has 4 heteroatoms. The minimum absolute atomic E-state index is 0.0877. The molecular formula is C8H16N2O2. The van der Waals surface area contributed by atoms with E-state index in [1.165, 1.54) is 19.3 Å². The summed E-state index contributed by atoms with van der Waals surface area (Å²) in [7, 11) is 0. The number of rotatable bonds is 1. The van der Waals surface area contributed by atoms with E-state index in [4.69, 9.17) is 5.21 Å². The van der Waals surface area contributed by atoms with Gasteiger partial charge in [0.2, 0.25) is 0 Å². The summed E-state index contributed by atoms with van der Waals surface area (Å²) in [4.78, 5) is 0.450. The summed E-state index contributed by atoms with van der Waals surface area (Å²) < 4.78 is 0. The van der Waals surface area contributed by atoms with Crippen LogP contribution in [0.4, 0.5) is 0 Å². The van der Waals surface area contributed by atoms with Crippen molar-refractivity contribution in [1.82, 2.24) is 0 Å². The van der Waals surface area contributed by atoms with Crippen LogP contribution in [0.25, 0.3) is 0 Å². The van der Waals surface area contributed by atoms with Gasteiger partial charge in [0.25, 0.3) is 0 Å². The van der Waals surface area contributed by atoms with Crippen molar-refractivity contribution in [2.75, 3.05) is 0 Å². The van der Waals surface area contributed by atoms with Crippen LogP contribution in [-0.4, -0.2) is 16.1 Å². The summed E-state index contributed by atoms with van der Waals surface area (Å²) in [6.07, 6.45) is 7.59. The lowest BCUT2D eigenvalue weighted by Crippen LogP contribution is -2.21. The second kappa shape index (κ2) is 4.95. The number of nitrogens with zero attached hydrogens (tertiary/aromatic N) is 2. The average Bonchev–Trinajstić information content (AvgIpc) is 2.02. The Kier molecular flexibility index (Phi) is 3.84. The molecule has 0 unspecified atom stereocenters. The predicted octanol–water partition coefficient (Wildman–Crippen LogP) is 2.45. The van der Waals surface area contributed by atoms with Gasteiger partial charge in [-0.05, 0) is 12.8 Å². The van der Waals surface area contributed by atoms with E-state index in [1.54, 1.807) is 0 Å². The van der Waals surface area contributed by atoms with Crippen LogP contribution < -0.4 is 0 Å². The van der Waals surface area contributed by atoms with Gasteiger partial charge in [-0.25, -0.2) is 0 Å². The highest BCUT2D eigenvalue weighted by molar-refractivity contribution is 4.61. The summed E-state index contributed by atoms with van der Waals surface area (Å²) in [5, 5.41) is 21.9. The fourth-order valence-electron chi connectivity index (χ4n) is 1.73. The monoisotopic (exact) mass is 172 g/mol. The number of hydrogen-bond acceptors (Lipinski definition) is 2. The molecule has 0 saturated heterocycles. The van der Waals surface area contributed by atoms with Crippen molar-refractivity contribution in [3.8, 4) is 0 Å². The SMILES string of the molecule is [O-]/[N+](=N\O)C1CCCCCCC1. The first-order chi connectivity index (χ1) is 5.84. The summed E-state index contributed by atoms with van der Waals surface area (Å²) in [5.41, 5.74) is 0. The zero-order valence-corrected chi connectivity index (χ0v) is 7.28. The summed E-state index contributed by atoms with van der Waals surface area (Å²) in [6, 6.07) is -0.0877. The highest BCUT2D eigenvalue weighted by atomic mass is 16.6. The maximum atomic E-state index is 10.9. The van der Waals surface area contributed by atoms with E-state index >= 15 is 0 Å². The Morgan fingerprint density at radius 2 is 1.58 bits per heavy atom. The van der Waals surface area contributed by atoms with Gasteiger partial charge >= 0.3 is 0 Å². The third-order valence-corrected chi connectivity index (χ3v) is 2.48. The lowest BCUT2D eigenvalue weighted by molar-refractivity contribution is -0.593. The van der Waals surface area contributed by atoms with Gasteiger partial charge in [0.1, 0.15) is 0 Å². The third kappa shape index (κ3) is 2.68. The molecule has 1 N–H and O–H groups in total. The lowest BCUT2D eigenvalue weighted by atomic mass is 9.97. The van der Waals surface area contributed by atoms with Gasteiger partial charge in [-0.3, -0.25) is 0 Å². The van der Waals surface area contributed by atoms with Gasteiger partial charge < -0.3 is 10.4 Å². The van der Waals surface area contributed by atoms with Crippen LogP contribution in [0.3, 0.4) is 0 Å². The average molecular weight is 172 g/mol. The molecule has 0 heterocycles. The van der Waals surface area contributed by atoms with E-state index in [2.05, 4.69) is 5.28 Å². The van der Waals surface area contributed by atoms with Crippen LogP contribution in [0, 0.1) is 5.21 Å². The Morgan fingerprint density at radius 1 is 1.08 bits per heavy atom. The lowest BCUT2D eigenvalue weighted by Gasteiger charge is -2.15. The van der Waals surface area contributed by atoms with E-state index in [0.717, 1.165) is 25.7 Å². The quantitative estimate of drug-likeness (QED) is 0.375. The second-order valence-corrected chi connectivity index (χ2v) is 3.39. The minimum Gasteiger partial charge on any atom is -0.597 e. The molecule has 4 nitrogen and oxygen atoms in total. The molecule has 70 valence electrons. The summed E-state index contributed by atoms with van der Waals surface area (Å²) in [5.74, 6) is 0. The maximum Gasteiger partial charge on any atom is 0.197 e. The van der Waals surface area contributed by atoms with Crippen molar-refractivity contribution in [2.45, 2.75) is 51.0 Å². The third-order valence-electron chi connectivity index (χ3n) is 2.48. The zero-order chi connectivity index (χ0) is 8.81. The van der Waals surface area contributed by atoms with Crippen LogP contribution in [0.2, 0.25) is 0 Å². The molecule has 1 fully saturated rings. The first-order valence-electron chi connectivity index (χ1n) is 4.66. The van der Waals surface area contributed by atoms with Gasteiger partial charge in [0.15, 0.2) is 11.3 Å². The van der Waals surface area contributed by atoms with E-state index in [9.17, 15) is 5.21 Å². The van der Waals surface area contributed by atoms with Crippen LogP contribution in [-0.2, 0) is 0 Å². The van der Waals surface area contributed by atoms with Crippen LogP contribution in [0.1, 0.15) is 44.9 Å². The minimum atomic E-state index is -0.0877. The van der Waals surface area contributed by atoms with Gasteiger partial charge in [0, 0.05) is 12.8 Å². The van der Waals surface area contributed by atoms with Crippen LogP contribution >= 0.6 is 0 Å². The van der Waals surface area contributed by atoms with Crippen molar-refractivity contribution in [3.63, 3.8) is 0 Å². The molecule has 1 rings (SSSR count). The molecule has 0 bridgehead atoms. The van der Waals surface area contributed by atoms with Crippen molar-refractivity contribution in [2.24, 2.45) is 5.28 Å². The van der Waals surface area contributed by atoms with Crippen molar-refractivity contribution in [1.29, 1.82) is 0 Å². The Labute approximate surface area is 72.4 Å². The van der Waals surface area contributed by atoms with E-state index in [-0.39, 0.29) is 6.04 Å². The smallest absolute Gasteiger partial charge is 0.197 e. The number of hydrogen-bond donors (Lipinski definition) is 1. The van der Waals surface area contributed by atoms with Crippen molar-refractivity contribution >= 4 is 0 Å². The molecule has 1 aliphatic carbocycles. The Hall–Kier alpha value is -0.800. The standard InChI is InChI=1S/C8H16N2O2/c11-9-10(12)8-6-4-2-1-3-5-7-8/h8,11H,1-7H2/b10-9-. The fraction of sp³-hybridized carbons (Fsp3) is 1.00. The molecule has 0 radical (unpaired) electrons. The highest BCUT2D eigenvalue weighted by Gasteiger charge is 2.19. The van der Waals surface area contributed by atoms with Crippen molar-refractivity contribution < 1.29 is 10.1 Å². The molecule has 0 aromatic rings. The van der Waals surface area contributed by atoms with Gasteiger partial charge in [-0.1, -0.05) is 24.1 Å². The normalized spacial score (nSPS) is 23.2. The first kappa shape index (κ1) is 9.29. The second-order valence-electron chi connectivity index (χ2n) is 3.39. The first-order valence-corrected chi connectivity index (χ1v) is 4.66. The van der Waals surface area contributed by atoms with Gasteiger partial charge in [-0.2, -0.15) is 0 Å². The van der Waals surface area contributed by atoms with Crippen molar-refractivity contribution in [3.05, 3.63) is 5.21 Å². The molecular weight excluding hydrogens is 156 g/mol. The summed E-state index contributed by atoms with van der Waals surface area (Å²) in [6.45, 7) is 0. The maximum absolute atomic E-state index is 10.9. The molecule has 12 heavy (non-hydrogen) atoms. The van der Waals surface area contributed by atoms with Crippen LogP contribution in [0.15, 0.2) is 5.28 Å². The largest absolute Gasteiger partial charge is 0.597 e. The molecule has 1 aliphatic rings. The van der Waals surface area contributed by atoms with E-state index in [1.807, 2.05) is 0 Å².